The zero-order valence-electron chi connectivity index (χ0n) is 18.5. The highest BCUT2D eigenvalue weighted by Gasteiger charge is 2.22. The molecular weight excluding hydrogens is 455 g/mol. The van der Waals surface area contributed by atoms with Crippen molar-refractivity contribution in [1.29, 1.82) is 0 Å². The average molecular weight is 480 g/mol. The molecule has 1 amide bonds. The van der Waals surface area contributed by atoms with Gasteiger partial charge in [0.25, 0.3) is 0 Å². The number of nitrogens with zero attached hydrogens (tertiary/aromatic N) is 4. The second-order valence-corrected chi connectivity index (χ2v) is 9.15. The summed E-state index contributed by atoms with van der Waals surface area (Å²) in [7, 11) is 1.70. The lowest BCUT2D eigenvalue weighted by atomic mass is 10.2. The van der Waals surface area contributed by atoms with E-state index in [0.717, 1.165) is 45.9 Å². The maximum absolute atomic E-state index is 13.9. The van der Waals surface area contributed by atoms with Crippen molar-refractivity contribution in [1.82, 2.24) is 14.9 Å². The Kier molecular flexibility index (Phi) is 6.82. The molecule has 4 rings (SSSR count). The van der Waals surface area contributed by atoms with Crippen LogP contribution in [0, 0.1) is 31.3 Å². The van der Waals surface area contributed by atoms with E-state index < -0.39 is 29.0 Å². The number of hydrogen-bond acceptors (Lipinski definition) is 7. The maximum atomic E-state index is 13.9. The fourth-order valence-corrected chi connectivity index (χ4v) is 4.72. The monoisotopic (exact) mass is 479 g/mol. The molecule has 1 aliphatic rings. The third kappa shape index (κ3) is 4.94. The Morgan fingerprint density at radius 2 is 1.91 bits per heavy atom. The molecule has 0 atom stereocenters. The van der Waals surface area contributed by atoms with Gasteiger partial charge < -0.3 is 15.0 Å². The van der Waals surface area contributed by atoms with Gasteiger partial charge in [-0.2, -0.15) is 0 Å². The second kappa shape index (κ2) is 9.62. The van der Waals surface area contributed by atoms with Crippen LogP contribution in [0.1, 0.15) is 16.3 Å². The van der Waals surface area contributed by atoms with Crippen molar-refractivity contribution in [2.75, 3.05) is 50.1 Å². The van der Waals surface area contributed by atoms with Crippen molar-refractivity contribution in [3.63, 3.8) is 0 Å². The third-order valence-corrected chi connectivity index (χ3v) is 6.68. The molecule has 1 saturated heterocycles. The number of likely N-dealkylation sites (N-methyl/N-ethyl adjacent to an activating group) is 1. The van der Waals surface area contributed by atoms with Gasteiger partial charge in [0, 0.05) is 25.0 Å². The highest BCUT2D eigenvalue weighted by atomic mass is 32.1. The van der Waals surface area contributed by atoms with E-state index in [1.807, 2.05) is 13.8 Å². The summed E-state index contributed by atoms with van der Waals surface area (Å²) in [5.74, 6) is -3.75. The lowest BCUT2D eigenvalue weighted by molar-refractivity contribution is -0.115. The Hall–Kier alpha value is -2.76. The number of nitrogens with one attached hydrogen (secondary N) is 1. The smallest absolute Gasteiger partial charge is 0.244 e. The number of anilines is 2. The van der Waals surface area contributed by atoms with Gasteiger partial charge in [0.15, 0.2) is 17.5 Å². The SMILES string of the molecule is Cc1sc2nc(CN3CCOCC3)nc(N(C)CC(=O)Nc3ccc(F)c(F)c3F)c2c1C. The Balaban J connectivity index is 1.59. The van der Waals surface area contributed by atoms with Crippen LogP contribution in [0.2, 0.25) is 0 Å². The highest BCUT2D eigenvalue weighted by molar-refractivity contribution is 7.18. The Morgan fingerprint density at radius 1 is 1.18 bits per heavy atom. The van der Waals surface area contributed by atoms with Gasteiger partial charge in [0.05, 0.1) is 37.4 Å². The molecule has 11 heteroatoms. The minimum Gasteiger partial charge on any atom is -0.379 e. The lowest BCUT2D eigenvalue weighted by Crippen LogP contribution is -2.36. The largest absolute Gasteiger partial charge is 0.379 e. The van der Waals surface area contributed by atoms with E-state index in [4.69, 9.17) is 14.7 Å². The lowest BCUT2D eigenvalue weighted by Gasteiger charge is -2.26. The number of hydrogen-bond donors (Lipinski definition) is 1. The number of halogens is 3. The van der Waals surface area contributed by atoms with E-state index in [0.29, 0.717) is 31.4 Å². The molecule has 1 N–H and O–H groups in total. The van der Waals surface area contributed by atoms with Crippen LogP contribution in [-0.2, 0) is 16.1 Å². The van der Waals surface area contributed by atoms with Gasteiger partial charge in [-0.25, -0.2) is 23.1 Å². The zero-order chi connectivity index (χ0) is 23.7. The second-order valence-electron chi connectivity index (χ2n) is 7.94. The number of ether oxygens (including phenoxy) is 1. The molecule has 3 heterocycles. The predicted molar refractivity (Wildman–Crippen MR) is 121 cm³/mol. The van der Waals surface area contributed by atoms with E-state index in [9.17, 15) is 18.0 Å². The van der Waals surface area contributed by atoms with E-state index >= 15 is 0 Å². The van der Waals surface area contributed by atoms with Crippen LogP contribution in [0.15, 0.2) is 12.1 Å². The molecule has 0 radical (unpaired) electrons. The number of carbonyl (C=O) groups excluding carboxylic acids is 1. The van der Waals surface area contributed by atoms with Crippen molar-refractivity contribution in [3.05, 3.63) is 45.8 Å². The molecule has 0 unspecified atom stereocenters. The first-order valence-corrected chi connectivity index (χ1v) is 11.3. The summed E-state index contributed by atoms with van der Waals surface area (Å²) in [5.41, 5.74) is 0.609. The van der Waals surface area contributed by atoms with Crippen molar-refractivity contribution in [3.8, 4) is 0 Å². The molecule has 1 fully saturated rings. The van der Waals surface area contributed by atoms with E-state index in [-0.39, 0.29) is 6.54 Å². The fourth-order valence-electron chi connectivity index (χ4n) is 3.68. The summed E-state index contributed by atoms with van der Waals surface area (Å²) >= 11 is 1.56. The van der Waals surface area contributed by atoms with Gasteiger partial charge in [0.1, 0.15) is 16.5 Å². The quantitative estimate of drug-likeness (QED) is 0.545. The molecule has 3 aromatic rings. The Morgan fingerprint density at radius 3 is 2.64 bits per heavy atom. The van der Waals surface area contributed by atoms with Gasteiger partial charge in [0.2, 0.25) is 5.91 Å². The zero-order valence-corrected chi connectivity index (χ0v) is 19.4. The van der Waals surface area contributed by atoms with Crippen LogP contribution < -0.4 is 10.2 Å². The van der Waals surface area contributed by atoms with E-state index in [2.05, 4.69) is 10.2 Å². The molecule has 2 aromatic heterocycles. The number of thiophene rings is 1. The van der Waals surface area contributed by atoms with E-state index in [1.165, 1.54) is 0 Å². The van der Waals surface area contributed by atoms with Crippen LogP contribution in [-0.4, -0.2) is 60.7 Å². The fraction of sp³-hybridized carbons (Fsp3) is 0.409. The van der Waals surface area contributed by atoms with Crippen LogP contribution >= 0.6 is 11.3 Å². The van der Waals surface area contributed by atoms with Crippen molar-refractivity contribution in [2.24, 2.45) is 0 Å². The number of rotatable bonds is 6. The minimum absolute atomic E-state index is 0.171. The number of aryl methyl sites for hydroxylation is 2. The van der Waals surface area contributed by atoms with Crippen LogP contribution in [0.25, 0.3) is 10.2 Å². The number of fused-ring (bicyclic) bond motifs is 1. The highest BCUT2D eigenvalue weighted by Crippen LogP contribution is 2.35. The topological polar surface area (TPSA) is 70.6 Å². The van der Waals surface area contributed by atoms with Crippen molar-refractivity contribution >= 4 is 39.0 Å². The molecular formula is C22H24F3N5O2S. The summed E-state index contributed by atoms with van der Waals surface area (Å²) in [6.45, 7) is 7.27. The number of amides is 1. The number of carbonyl (C=O) groups is 1. The molecule has 176 valence electrons. The first kappa shape index (κ1) is 23.4. The van der Waals surface area contributed by atoms with Gasteiger partial charge >= 0.3 is 0 Å². The minimum atomic E-state index is -1.63. The predicted octanol–water partition coefficient (Wildman–Crippen LogP) is 3.63. The summed E-state index contributed by atoms with van der Waals surface area (Å²) in [6, 6.07) is 1.75. The van der Waals surface area contributed by atoms with Gasteiger partial charge in [-0.1, -0.05) is 0 Å². The normalized spacial score (nSPS) is 14.6. The molecule has 0 spiro atoms. The first-order chi connectivity index (χ1) is 15.7. The molecule has 0 saturated carbocycles. The average Bonchev–Trinajstić information content (AvgIpc) is 3.07. The van der Waals surface area contributed by atoms with Crippen LogP contribution in [0.3, 0.4) is 0 Å². The van der Waals surface area contributed by atoms with Crippen molar-refractivity contribution in [2.45, 2.75) is 20.4 Å². The molecule has 1 aliphatic heterocycles. The molecule has 0 bridgehead atoms. The molecule has 0 aliphatic carbocycles. The van der Waals surface area contributed by atoms with Gasteiger partial charge in [-0.3, -0.25) is 9.69 Å². The maximum Gasteiger partial charge on any atom is 0.244 e. The summed E-state index contributed by atoms with van der Waals surface area (Å²) in [6.07, 6.45) is 0. The number of morpholine rings is 1. The summed E-state index contributed by atoms with van der Waals surface area (Å²) < 4.78 is 46.0. The molecule has 1 aromatic carbocycles. The molecule has 33 heavy (non-hydrogen) atoms. The van der Waals surface area contributed by atoms with Crippen LogP contribution in [0.4, 0.5) is 24.7 Å². The molecule has 7 nitrogen and oxygen atoms in total. The number of aromatic nitrogens is 2. The summed E-state index contributed by atoms with van der Waals surface area (Å²) in [5, 5.41) is 3.16. The van der Waals surface area contributed by atoms with E-state index in [1.54, 1.807) is 23.3 Å². The van der Waals surface area contributed by atoms with Crippen LogP contribution in [0.5, 0.6) is 0 Å². The summed E-state index contributed by atoms with van der Waals surface area (Å²) in [4.78, 5) is 27.9. The Bertz CT molecular complexity index is 1200. The first-order valence-electron chi connectivity index (χ1n) is 10.5. The third-order valence-electron chi connectivity index (χ3n) is 5.58. The van der Waals surface area contributed by atoms with Crippen molar-refractivity contribution < 1.29 is 22.7 Å². The van der Waals surface area contributed by atoms with Gasteiger partial charge in [-0.05, 0) is 31.5 Å². The Labute approximate surface area is 193 Å². The standard InChI is InChI=1S/C22H24F3N5O2S/c1-12-13(2)33-22-18(12)21(27-16(28-22)10-30-6-8-32-9-7-30)29(3)11-17(31)26-15-5-4-14(23)19(24)20(15)25/h4-5H,6-11H2,1-3H3,(H,26,31). The number of benzene rings is 1. The van der Waals surface area contributed by atoms with Gasteiger partial charge in [-0.15, -0.1) is 11.3 Å².